The van der Waals surface area contributed by atoms with Gasteiger partial charge in [0.15, 0.2) is 5.65 Å². The number of benzene rings is 2. The van der Waals surface area contributed by atoms with Crippen molar-refractivity contribution in [1.29, 1.82) is 0 Å². The molecule has 0 atom stereocenters. The molecule has 2 aromatic heterocycles. The van der Waals surface area contributed by atoms with Crippen LogP contribution in [0.3, 0.4) is 0 Å². The van der Waals surface area contributed by atoms with E-state index >= 15 is 0 Å². The summed E-state index contributed by atoms with van der Waals surface area (Å²) in [5, 5.41) is 7.14. The van der Waals surface area contributed by atoms with Crippen LogP contribution in [-0.4, -0.2) is 34.2 Å². The Morgan fingerprint density at radius 1 is 1.00 bits per heavy atom. The fourth-order valence-corrected chi connectivity index (χ4v) is 3.13. The molecule has 4 rings (SSSR count). The second kappa shape index (κ2) is 10.00. The number of aromatic nitrogens is 3. The number of imidazole rings is 1. The minimum atomic E-state index is -4.58. The number of hydrogen-bond acceptors (Lipinski definition) is 6. The zero-order chi connectivity index (χ0) is 25.9. The number of anilines is 3. The van der Waals surface area contributed by atoms with Gasteiger partial charge in [0.05, 0.1) is 35.1 Å². The number of ether oxygens (including phenoxy) is 2. The van der Waals surface area contributed by atoms with E-state index in [-0.39, 0.29) is 16.7 Å². The fourth-order valence-electron chi connectivity index (χ4n) is 2.97. The molecule has 36 heavy (non-hydrogen) atoms. The lowest BCUT2D eigenvalue weighted by Crippen LogP contribution is -2.20. The van der Waals surface area contributed by atoms with Gasteiger partial charge in [-0.05, 0) is 42.5 Å². The van der Waals surface area contributed by atoms with E-state index < -0.39 is 23.9 Å². The van der Waals surface area contributed by atoms with E-state index in [9.17, 15) is 22.8 Å². The number of amides is 3. The van der Waals surface area contributed by atoms with Crippen LogP contribution in [0.5, 0.6) is 11.5 Å². The number of carbonyl (C=O) groups is 2. The van der Waals surface area contributed by atoms with Crippen LogP contribution >= 0.6 is 11.6 Å². The predicted octanol–water partition coefficient (Wildman–Crippen LogP) is 6.24. The third-order valence-electron chi connectivity index (χ3n) is 4.61. The first-order valence-electron chi connectivity index (χ1n) is 10.0. The van der Waals surface area contributed by atoms with E-state index in [0.717, 1.165) is 18.2 Å². The molecule has 0 spiro atoms. The van der Waals surface area contributed by atoms with Gasteiger partial charge in [-0.15, -0.1) is 0 Å². The van der Waals surface area contributed by atoms with Crippen LogP contribution in [0, 0.1) is 0 Å². The summed E-state index contributed by atoms with van der Waals surface area (Å²) in [7, 11) is 1.22. The first-order chi connectivity index (χ1) is 17.1. The van der Waals surface area contributed by atoms with E-state index in [1.54, 1.807) is 18.2 Å². The molecular formula is C22H16ClF3N6O4. The van der Waals surface area contributed by atoms with Gasteiger partial charge in [-0.2, -0.15) is 18.2 Å². The smallest absolute Gasteiger partial charge is 0.416 e. The van der Waals surface area contributed by atoms with E-state index in [0.29, 0.717) is 28.4 Å². The van der Waals surface area contributed by atoms with Gasteiger partial charge in [-0.25, -0.2) is 14.6 Å². The maximum atomic E-state index is 12.9. The van der Waals surface area contributed by atoms with Crippen molar-refractivity contribution in [2.24, 2.45) is 0 Å². The minimum absolute atomic E-state index is 0.0436. The number of methoxy groups -OCH3 is 1. The molecule has 186 valence electrons. The number of nitrogens with zero attached hydrogens (tertiary/aromatic N) is 2. The number of nitrogens with one attached hydrogen (secondary N) is 4. The van der Waals surface area contributed by atoms with Gasteiger partial charge < -0.3 is 25.1 Å². The molecule has 10 nitrogen and oxygen atoms in total. The molecule has 4 aromatic rings. The average molecular weight is 521 g/mol. The number of alkyl halides is 3. The Balaban J connectivity index is 1.39. The van der Waals surface area contributed by atoms with E-state index in [2.05, 4.69) is 35.6 Å². The fraction of sp³-hybridized carbons (Fsp3) is 0.0909. The van der Waals surface area contributed by atoms with Crippen LogP contribution in [0.2, 0.25) is 5.02 Å². The summed E-state index contributed by atoms with van der Waals surface area (Å²) in [4.78, 5) is 34.6. The molecule has 0 saturated heterocycles. The summed E-state index contributed by atoms with van der Waals surface area (Å²) in [6, 6.07) is 9.65. The highest BCUT2D eigenvalue weighted by atomic mass is 35.5. The van der Waals surface area contributed by atoms with Crippen molar-refractivity contribution >= 4 is 52.2 Å². The largest absolute Gasteiger partial charge is 0.456 e. The first-order valence-corrected chi connectivity index (χ1v) is 10.4. The number of hydrogen-bond donors (Lipinski definition) is 4. The Morgan fingerprint density at radius 3 is 2.44 bits per heavy atom. The molecule has 14 heteroatoms. The average Bonchev–Trinajstić information content (AvgIpc) is 3.22. The highest BCUT2D eigenvalue weighted by Gasteiger charge is 2.31. The van der Waals surface area contributed by atoms with Gasteiger partial charge in [-0.1, -0.05) is 11.6 Å². The van der Waals surface area contributed by atoms with Crippen LogP contribution in [0.1, 0.15) is 5.56 Å². The lowest BCUT2D eigenvalue weighted by molar-refractivity contribution is -0.137. The number of urea groups is 1. The van der Waals surface area contributed by atoms with Crippen LogP contribution < -0.4 is 20.7 Å². The highest BCUT2D eigenvalue weighted by Crippen LogP contribution is 2.34. The minimum Gasteiger partial charge on any atom is -0.456 e. The highest BCUT2D eigenvalue weighted by molar-refractivity contribution is 6.33. The summed E-state index contributed by atoms with van der Waals surface area (Å²) in [6.07, 6.45) is -3.83. The number of H-pyrrole nitrogens is 1. The second-order valence-corrected chi connectivity index (χ2v) is 7.55. The standard InChI is InChI=1S/C22H16ClF3N6O4/c1-35-21(34)32-19-29-17-9-14(10-27-18(17)31-19)36-13-5-3-12(4-6-13)28-20(33)30-16-8-11(22(24,25)26)2-7-15(16)23/h2-10H,1H3,(H2,28,30,33)(H2,27,29,31,32,34). The maximum Gasteiger partial charge on any atom is 0.416 e. The number of aromatic amines is 1. The molecule has 3 amide bonds. The molecule has 0 aliphatic carbocycles. The molecule has 0 aliphatic heterocycles. The molecule has 0 unspecified atom stereocenters. The third-order valence-corrected chi connectivity index (χ3v) is 4.94. The lowest BCUT2D eigenvalue weighted by Gasteiger charge is -2.12. The topological polar surface area (TPSA) is 130 Å². The quantitative estimate of drug-likeness (QED) is 0.246. The van der Waals surface area contributed by atoms with Gasteiger partial charge in [0.25, 0.3) is 0 Å². The molecule has 0 fully saturated rings. The van der Waals surface area contributed by atoms with Crippen molar-refractivity contribution < 1.29 is 32.2 Å². The maximum absolute atomic E-state index is 12.9. The van der Waals surface area contributed by atoms with Gasteiger partial charge in [0.2, 0.25) is 5.95 Å². The molecule has 2 heterocycles. The normalized spacial score (nSPS) is 11.1. The summed E-state index contributed by atoms with van der Waals surface area (Å²) < 4.78 is 49.0. The molecule has 0 radical (unpaired) electrons. The predicted molar refractivity (Wildman–Crippen MR) is 126 cm³/mol. The Labute approximate surface area is 205 Å². The monoisotopic (exact) mass is 520 g/mol. The molecular weight excluding hydrogens is 505 g/mol. The molecule has 0 bridgehead atoms. The van der Waals surface area contributed by atoms with E-state index in [1.165, 1.54) is 25.4 Å². The third kappa shape index (κ3) is 5.93. The zero-order valence-electron chi connectivity index (χ0n) is 18.2. The Hall–Kier alpha value is -4.52. The Bertz CT molecular complexity index is 1430. The lowest BCUT2D eigenvalue weighted by atomic mass is 10.2. The number of pyridine rings is 1. The van der Waals surface area contributed by atoms with Gasteiger partial charge in [0.1, 0.15) is 11.5 Å². The number of rotatable bonds is 5. The van der Waals surface area contributed by atoms with Crippen molar-refractivity contribution in [3.8, 4) is 11.5 Å². The summed E-state index contributed by atoms with van der Waals surface area (Å²) >= 11 is 5.90. The van der Waals surface area contributed by atoms with Crippen LogP contribution in [0.25, 0.3) is 11.2 Å². The Kier molecular flexibility index (Phi) is 6.83. The summed E-state index contributed by atoms with van der Waals surface area (Å²) in [5.41, 5.74) is 0.0731. The SMILES string of the molecule is COC(=O)Nc1nc2ncc(Oc3ccc(NC(=O)Nc4cc(C(F)(F)F)ccc4Cl)cc3)cc2[nH]1. The second-order valence-electron chi connectivity index (χ2n) is 7.14. The van der Waals surface area contributed by atoms with Crippen molar-refractivity contribution in [2.75, 3.05) is 23.1 Å². The van der Waals surface area contributed by atoms with Gasteiger partial charge in [0, 0.05) is 11.8 Å². The van der Waals surface area contributed by atoms with E-state index in [4.69, 9.17) is 16.3 Å². The zero-order valence-corrected chi connectivity index (χ0v) is 19.0. The van der Waals surface area contributed by atoms with Gasteiger partial charge >= 0.3 is 18.3 Å². The van der Waals surface area contributed by atoms with Crippen molar-refractivity contribution in [1.82, 2.24) is 15.0 Å². The molecule has 0 aliphatic rings. The Morgan fingerprint density at radius 2 is 1.75 bits per heavy atom. The summed E-state index contributed by atoms with van der Waals surface area (Å²) in [6.45, 7) is 0. The van der Waals surface area contributed by atoms with Crippen molar-refractivity contribution in [2.45, 2.75) is 6.18 Å². The summed E-state index contributed by atoms with van der Waals surface area (Å²) in [5.74, 6) is 0.936. The van der Waals surface area contributed by atoms with Crippen molar-refractivity contribution in [3.63, 3.8) is 0 Å². The van der Waals surface area contributed by atoms with Crippen LogP contribution in [-0.2, 0) is 10.9 Å². The molecule has 2 aromatic carbocycles. The number of carbonyl (C=O) groups excluding carboxylic acids is 2. The number of fused-ring (bicyclic) bond motifs is 1. The van der Waals surface area contributed by atoms with Crippen LogP contribution in [0.15, 0.2) is 54.7 Å². The van der Waals surface area contributed by atoms with Crippen LogP contribution in [0.4, 0.5) is 40.1 Å². The molecule has 0 saturated carbocycles. The number of halogens is 4. The van der Waals surface area contributed by atoms with Gasteiger partial charge in [-0.3, -0.25) is 5.32 Å². The van der Waals surface area contributed by atoms with E-state index in [1.807, 2.05) is 0 Å². The molecule has 4 N–H and O–H groups in total. The van der Waals surface area contributed by atoms with Crippen molar-refractivity contribution in [3.05, 3.63) is 65.3 Å². The first kappa shape index (κ1) is 24.6.